The van der Waals surface area contributed by atoms with E-state index in [-0.39, 0.29) is 11.7 Å². The SMILES string of the molecule is CCOc1ccc(NC(=O)CSc2nnc(COc3c(C)cccc3C)n2C)cc1. The number of aromatic nitrogens is 3. The lowest BCUT2D eigenvalue weighted by atomic mass is 10.1. The highest BCUT2D eigenvalue weighted by Crippen LogP contribution is 2.24. The lowest BCUT2D eigenvalue weighted by Gasteiger charge is -2.11. The van der Waals surface area contributed by atoms with Crippen LogP contribution in [0.1, 0.15) is 23.9 Å². The third-order valence-corrected chi connectivity index (χ3v) is 5.48. The highest BCUT2D eigenvalue weighted by atomic mass is 32.2. The smallest absolute Gasteiger partial charge is 0.234 e. The van der Waals surface area contributed by atoms with E-state index >= 15 is 0 Å². The summed E-state index contributed by atoms with van der Waals surface area (Å²) in [4.78, 5) is 12.3. The van der Waals surface area contributed by atoms with Crippen LogP contribution in [0.5, 0.6) is 11.5 Å². The molecule has 0 unspecified atom stereocenters. The zero-order chi connectivity index (χ0) is 21.5. The second-order valence-corrected chi connectivity index (χ2v) is 7.70. The van der Waals surface area contributed by atoms with Crippen molar-refractivity contribution in [3.05, 3.63) is 59.4 Å². The van der Waals surface area contributed by atoms with Crippen molar-refractivity contribution < 1.29 is 14.3 Å². The molecule has 0 aliphatic heterocycles. The van der Waals surface area contributed by atoms with Crippen molar-refractivity contribution in [1.29, 1.82) is 0 Å². The van der Waals surface area contributed by atoms with Gasteiger partial charge in [0.1, 0.15) is 18.1 Å². The van der Waals surface area contributed by atoms with E-state index in [1.807, 2.05) is 74.9 Å². The molecule has 3 rings (SSSR count). The minimum atomic E-state index is -0.111. The Hall–Kier alpha value is -3.00. The maximum Gasteiger partial charge on any atom is 0.234 e. The summed E-state index contributed by atoms with van der Waals surface area (Å²) >= 11 is 1.33. The van der Waals surface area contributed by atoms with Crippen LogP contribution >= 0.6 is 11.8 Å². The Balaban J connectivity index is 1.52. The van der Waals surface area contributed by atoms with Crippen molar-refractivity contribution in [3.8, 4) is 11.5 Å². The van der Waals surface area contributed by atoms with Crippen molar-refractivity contribution in [1.82, 2.24) is 14.8 Å². The number of carbonyl (C=O) groups excluding carboxylic acids is 1. The molecular formula is C22H26N4O3S. The Kier molecular flexibility index (Phi) is 7.35. The minimum Gasteiger partial charge on any atom is -0.494 e. The van der Waals surface area contributed by atoms with Gasteiger partial charge in [-0.3, -0.25) is 4.79 Å². The van der Waals surface area contributed by atoms with E-state index in [0.717, 1.165) is 28.3 Å². The molecule has 2 aromatic carbocycles. The van der Waals surface area contributed by atoms with Gasteiger partial charge in [0.15, 0.2) is 11.0 Å². The fourth-order valence-electron chi connectivity index (χ4n) is 2.89. The summed E-state index contributed by atoms with van der Waals surface area (Å²) in [5.41, 5.74) is 2.89. The van der Waals surface area contributed by atoms with E-state index in [1.165, 1.54) is 11.8 Å². The topological polar surface area (TPSA) is 78.3 Å². The third kappa shape index (κ3) is 5.54. The molecular weight excluding hydrogens is 400 g/mol. The number of nitrogens with one attached hydrogen (secondary N) is 1. The summed E-state index contributed by atoms with van der Waals surface area (Å²) in [5.74, 6) is 2.47. The number of aryl methyl sites for hydroxylation is 2. The van der Waals surface area contributed by atoms with Gasteiger partial charge in [-0.1, -0.05) is 30.0 Å². The first-order valence-corrected chi connectivity index (χ1v) is 10.7. The summed E-state index contributed by atoms with van der Waals surface area (Å²) < 4.78 is 13.2. The largest absolute Gasteiger partial charge is 0.494 e. The number of rotatable bonds is 9. The van der Waals surface area contributed by atoms with Crippen LogP contribution in [0.25, 0.3) is 0 Å². The normalized spacial score (nSPS) is 10.7. The minimum absolute atomic E-state index is 0.111. The van der Waals surface area contributed by atoms with E-state index in [0.29, 0.717) is 24.2 Å². The fourth-order valence-corrected chi connectivity index (χ4v) is 3.62. The van der Waals surface area contributed by atoms with E-state index in [2.05, 4.69) is 15.5 Å². The summed E-state index contributed by atoms with van der Waals surface area (Å²) in [5, 5.41) is 11.9. The molecule has 30 heavy (non-hydrogen) atoms. The van der Waals surface area contributed by atoms with E-state index < -0.39 is 0 Å². The standard InChI is InChI=1S/C22H26N4O3S/c1-5-28-18-11-9-17(10-12-18)23-20(27)14-30-22-25-24-19(26(22)4)13-29-21-15(2)7-6-8-16(21)3/h6-12H,5,13-14H2,1-4H3,(H,23,27). The molecule has 0 fully saturated rings. The van der Waals surface area contributed by atoms with Gasteiger partial charge in [0.25, 0.3) is 0 Å². The predicted molar refractivity (Wildman–Crippen MR) is 118 cm³/mol. The number of anilines is 1. The first-order valence-electron chi connectivity index (χ1n) is 9.70. The van der Waals surface area contributed by atoms with Gasteiger partial charge < -0.3 is 19.4 Å². The van der Waals surface area contributed by atoms with Gasteiger partial charge in [0.05, 0.1) is 12.4 Å². The Labute approximate surface area is 180 Å². The molecule has 0 radical (unpaired) electrons. The van der Waals surface area contributed by atoms with Crippen molar-refractivity contribution in [3.63, 3.8) is 0 Å². The first-order chi connectivity index (χ1) is 14.5. The fraction of sp³-hybridized carbons (Fsp3) is 0.318. The van der Waals surface area contributed by atoms with Crippen molar-refractivity contribution >= 4 is 23.4 Å². The zero-order valence-corrected chi connectivity index (χ0v) is 18.5. The highest BCUT2D eigenvalue weighted by Gasteiger charge is 2.13. The number of carbonyl (C=O) groups is 1. The molecule has 158 valence electrons. The van der Waals surface area contributed by atoms with Gasteiger partial charge in [-0.2, -0.15) is 0 Å². The molecule has 1 aromatic heterocycles. The second-order valence-electron chi connectivity index (χ2n) is 6.76. The number of para-hydroxylation sites is 1. The van der Waals surface area contributed by atoms with Crippen LogP contribution in [0.4, 0.5) is 5.69 Å². The number of thioether (sulfide) groups is 1. The van der Waals surface area contributed by atoms with Crippen LogP contribution in [0.3, 0.4) is 0 Å². The quantitative estimate of drug-likeness (QED) is 0.518. The zero-order valence-electron chi connectivity index (χ0n) is 17.6. The van der Waals surface area contributed by atoms with E-state index in [9.17, 15) is 4.79 Å². The number of amides is 1. The molecule has 3 aromatic rings. The molecule has 7 nitrogen and oxygen atoms in total. The lowest BCUT2D eigenvalue weighted by Crippen LogP contribution is -2.14. The van der Waals surface area contributed by atoms with E-state index in [1.54, 1.807) is 0 Å². The van der Waals surface area contributed by atoms with Crippen molar-refractivity contribution in [2.24, 2.45) is 7.05 Å². The highest BCUT2D eigenvalue weighted by molar-refractivity contribution is 7.99. The number of hydrogen-bond acceptors (Lipinski definition) is 6. The van der Waals surface area contributed by atoms with Gasteiger partial charge in [0, 0.05) is 12.7 Å². The molecule has 0 aliphatic rings. The molecule has 0 saturated carbocycles. The molecule has 0 atom stereocenters. The van der Waals surface area contributed by atoms with Gasteiger partial charge in [-0.25, -0.2) is 0 Å². The predicted octanol–water partition coefficient (Wildman–Crippen LogP) is 4.14. The molecule has 0 saturated heterocycles. The molecule has 8 heteroatoms. The van der Waals surface area contributed by atoms with Crippen LogP contribution in [0, 0.1) is 13.8 Å². The third-order valence-electron chi connectivity index (χ3n) is 4.46. The van der Waals surface area contributed by atoms with Crippen LogP contribution in [0.2, 0.25) is 0 Å². The van der Waals surface area contributed by atoms with Crippen LogP contribution in [-0.2, 0) is 18.4 Å². The molecule has 0 bridgehead atoms. The van der Waals surface area contributed by atoms with Crippen LogP contribution in [0.15, 0.2) is 47.6 Å². The van der Waals surface area contributed by atoms with E-state index in [4.69, 9.17) is 9.47 Å². The maximum atomic E-state index is 12.3. The van der Waals surface area contributed by atoms with Crippen molar-refractivity contribution in [2.75, 3.05) is 17.7 Å². The average molecular weight is 427 g/mol. The Morgan fingerprint density at radius 2 is 1.77 bits per heavy atom. The lowest BCUT2D eigenvalue weighted by molar-refractivity contribution is -0.113. The van der Waals surface area contributed by atoms with Crippen LogP contribution in [-0.4, -0.2) is 33.0 Å². The summed E-state index contributed by atoms with van der Waals surface area (Å²) in [6, 6.07) is 13.3. The van der Waals surface area contributed by atoms with Gasteiger partial charge >= 0.3 is 0 Å². The Morgan fingerprint density at radius 3 is 2.43 bits per heavy atom. The molecule has 1 N–H and O–H groups in total. The summed E-state index contributed by atoms with van der Waals surface area (Å²) in [6.45, 7) is 6.89. The maximum absolute atomic E-state index is 12.3. The number of hydrogen-bond donors (Lipinski definition) is 1. The molecule has 0 spiro atoms. The molecule has 1 heterocycles. The number of nitrogens with zero attached hydrogens (tertiary/aromatic N) is 3. The monoisotopic (exact) mass is 426 g/mol. The summed E-state index contributed by atoms with van der Waals surface area (Å²) in [6.07, 6.45) is 0. The molecule has 0 aliphatic carbocycles. The van der Waals surface area contributed by atoms with Crippen molar-refractivity contribution in [2.45, 2.75) is 32.5 Å². The Morgan fingerprint density at radius 1 is 1.07 bits per heavy atom. The average Bonchev–Trinajstić information content (AvgIpc) is 3.07. The molecule has 1 amide bonds. The summed E-state index contributed by atoms with van der Waals surface area (Å²) in [7, 11) is 1.87. The number of benzene rings is 2. The Bertz CT molecular complexity index is 982. The van der Waals surface area contributed by atoms with Crippen LogP contribution < -0.4 is 14.8 Å². The van der Waals surface area contributed by atoms with Gasteiger partial charge in [-0.15, -0.1) is 10.2 Å². The number of ether oxygens (including phenoxy) is 2. The first kappa shape index (κ1) is 21.7. The van der Waals surface area contributed by atoms with Gasteiger partial charge in [-0.05, 0) is 56.2 Å². The second kappa shape index (κ2) is 10.2. The van der Waals surface area contributed by atoms with Gasteiger partial charge in [0.2, 0.25) is 5.91 Å².